The number of benzene rings is 2. The second kappa shape index (κ2) is 5.89. The summed E-state index contributed by atoms with van der Waals surface area (Å²) in [7, 11) is 0. The summed E-state index contributed by atoms with van der Waals surface area (Å²) in [5, 5.41) is 0.831. The molecule has 2 aromatic carbocycles. The molecule has 0 saturated carbocycles. The summed E-state index contributed by atoms with van der Waals surface area (Å²) in [4.78, 5) is 26.8. The van der Waals surface area contributed by atoms with Crippen molar-refractivity contribution in [2.75, 3.05) is 0 Å². The average Bonchev–Trinajstić information content (AvgIpc) is 2.93. The maximum Gasteiger partial charge on any atom is 0.186 e. The highest BCUT2D eigenvalue weighted by Crippen LogP contribution is 2.32. The number of H-pyrrole nitrogens is 1. The van der Waals surface area contributed by atoms with Crippen molar-refractivity contribution in [1.82, 2.24) is 4.98 Å². The summed E-state index contributed by atoms with van der Waals surface area (Å²) >= 11 is 3.21. The van der Waals surface area contributed by atoms with Crippen LogP contribution in [0.1, 0.15) is 17.3 Å². The Balaban J connectivity index is 2.26. The van der Waals surface area contributed by atoms with Crippen LogP contribution in [0.2, 0.25) is 0 Å². The van der Waals surface area contributed by atoms with Gasteiger partial charge in [0, 0.05) is 10.9 Å². The standard InChI is InChI=1S/C18H14BrNO2/c1-11(21)16(19)18(22)15-13-9-5-6-10-14(13)20-17(15)12-7-3-2-4-8-12/h2-10,16,20H,1H3/t16-/m0/s1. The van der Waals surface area contributed by atoms with E-state index in [2.05, 4.69) is 20.9 Å². The first-order chi connectivity index (χ1) is 10.6. The van der Waals surface area contributed by atoms with Crippen molar-refractivity contribution in [1.29, 1.82) is 0 Å². The number of hydrogen-bond acceptors (Lipinski definition) is 2. The van der Waals surface area contributed by atoms with E-state index in [9.17, 15) is 9.59 Å². The van der Waals surface area contributed by atoms with Crippen molar-refractivity contribution >= 4 is 38.4 Å². The Hall–Kier alpha value is -2.20. The second-order valence-corrected chi connectivity index (χ2v) is 6.04. The van der Waals surface area contributed by atoms with E-state index in [1.165, 1.54) is 6.92 Å². The normalized spacial score (nSPS) is 12.3. The Morgan fingerprint density at radius 3 is 2.32 bits per heavy atom. The smallest absolute Gasteiger partial charge is 0.186 e. The molecule has 3 rings (SSSR count). The van der Waals surface area contributed by atoms with E-state index in [0.717, 1.165) is 22.2 Å². The van der Waals surface area contributed by atoms with Crippen LogP contribution >= 0.6 is 15.9 Å². The van der Waals surface area contributed by atoms with Gasteiger partial charge in [0.05, 0.1) is 11.3 Å². The highest BCUT2D eigenvalue weighted by molar-refractivity contribution is 9.10. The molecule has 110 valence electrons. The van der Waals surface area contributed by atoms with Crippen molar-refractivity contribution in [2.24, 2.45) is 0 Å². The molecule has 1 heterocycles. The molecule has 3 aromatic rings. The van der Waals surface area contributed by atoms with Crippen LogP contribution in [0.5, 0.6) is 0 Å². The summed E-state index contributed by atoms with van der Waals surface area (Å²) in [6.45, 7) is 1.41. The number of carbonyl (C=O) groups excluding carboxylic acids is 2. The predicted molar refractivity (Wildman–Crippen MR) is 91.5 cm³/mol. The molecular formula is C18H14BrNO2. The first kappa shape index (κ1) is 14.7. The molecule has 0 aliphatic heterocycles. The number of fused-ring (bicyclic) bond motifs is 1. The van der Waals surface area contributed by atoms with Crippen LogP contribution in [0.4, 0.5) is 0 Å². The third-order valence-corrected chi connectivity index (χ3v) is 4.66. The molecule has 0 radical (unpaired) electrons. The minimum absolute atomic E-state index is 0.200. The van der Waals surface area contributed by atoms with E-state index in [1.807, 2.05) is 54.6 Å². The van der Waals surface area contributed by atoms with Gasteiger partial charge in [-0.1, -0.05) is 64.5 Å². The zero-order valence-corrected chi connectivity index (χ0v) is 13.6. The molecule has 22 heavy (non-hydrogen) atoms. The van der Waals surface area contributed by atoms with Gasteiger partial charge in [0.25, 0.3) is 0 Å². The number of ketones is 2. The molecule has 3 nitrogen and oxygen atoms in total. The molecule has 0 bridgehead atoms. The number of carbonyl (C=O) groups is 2. The molecule has 4 heteroatoms. The SMILES string of the molecule is CC(=O)[C@H](Br)C(=O)c1c(-c2ccccc2)[nH]c2ccccc12. The lowest BCUT2D eigenvalue weighted by Crippen LogP contribution is -2.22. The molecule has 0 spiro atoms. The second-order valence-electron chi connectivity index (χ2n) is 5.12. The first-order valence-electron chi connectivity index (χ1n) is 6.94. The summed E-state index contributed by atoms with van der Waals surface area (Å²) in [6.07, 6.45) is 0. The number of hydrogen-bond donors (Lipinski definition) is 1. The molecule has 1 aromatic heterocycles. The van der Waals surface area contributed by atoms with Gasteiger partial charge in [0.2, 0.25) is 0 Å². The third-order valence-electron chi connectivity index (χ3n) is 3.60. The average molecular weight is 356 g/mol. The van der Waals surface area contributed by atoms with E-state index in [-0.39, 0.29) is 11.6 Å². The summed E-state index contributed by atoms with van der Waals surface area (Å²) in [5.74, 6) is -0.418. The van der Waals surface area contributed by atoms with Gasteiger partial charge in [-0.3, -0.25) is 9.59 Å². The minimum Gasteiger partial charge on any atom is -0.354 e. The zero-order valence-electron chi connectivity index (χ0n) is 12.0. The fourth-order valence-corrected chi connectivity index (χ4v) is 2.76. The Labute approximate surface area is 136 Å². The Morgan fingerprint density at radius 1 is 1.00 bits per heavy atom. The van der Waals surface area contributed by atoms with Crippen LogP contribution in [-0.4, -0.2) is 21.4 Å². The minimum atomic E-state index is -0.825. The molecule has 1 N–H and O–H groups in total. The van der Waals surface area contributed by atoms with Crippen molar-refractivity contribution in [3.63, 3.8) is 0 Å². The summed E-state index contributed by atoms with van der Waals surface area (Å²) in [5.41, 5.74) is 3.11. The summed E-state index contributed by atoms with van der Waals surface area (Å²) in [6, 6.07) is 17.3. The highest BCUT2D eigenvalue weighted by Gasteiger charge is 2.27. The van der Waals surface area contributed by atoms with Gasteiger partial charge in [-0.15, -0.1) is 0 Å². The maximum absolute atomic E-state index is 12.8. The Bertz CT molecular complexity index is 852. The quantitative estimate of drug-likeness (QED) is 0.429. The highest BCUT2D eigenvalue weighted by atomic mass is 79.9. The van der Waals surface area contributed by atoms with E-state index in [0.29, 0.717) is 5.56 Å². The lowest BCUT2D eigenvalue weighted by molar-refractivity contribution is -0.115. The van der Waals surface area contributed by atoms with E-state index in [1.54, 1.807) is 0 Å². The van der Waals surface area contributed by atoms with E-state index in [4.69, 9.17) is 0 Å². The van der Waals surface area contributed by atoms with Gasteiger partial charge in [-0.25, -0.2) is 0 Å². The zero-order chi connectivity index (χ0) is 15.7. The molecule has 0 fully saturated rings. The number of aromatic amines is 1. The largest absolute Gasteiger partial charge is 0.354 e. The van der Waals surface area contributed by atoms with Crippen LogP contribution in [-0.2, 0) is 4.79 Å². The van der Waals surface area contributed by atoms with Gasteiger partial charge >= 0.3 is 0 Å². The molecular weight excluding hydrogens is 342 g/mol. The van der Waals surface area contributed by atoms with E-state index >= 15 is 0 Å². The van der Waals surface area contributed by atoms with Gasteiger partial charge in [0.1, 0.15) is 4.83 Å². The molecule has 0 amide bonds. The van der Waals surface area contributed by atoms with Gasteiger partial charge in [-0.05, 0) is 18.6 Å². The molecule has 0 aliphatic rings. The first-order valence-corrected chi connectivity index (χ1v) is 7.86. The van der Waals surface area contributed by atoms with Crippen LogP contribution in [0.15, 0.2) is 54.6 Å². The van der Waals surface area contributed by atoms with Crippen LogP contribution in [0.3, 0.4) is 0 Å². The van der Waals surface area contributed by atoms with Gasteiger partial charge < -0.3 is 4.98 Å². The fourth-order valence-electron chi connectivity index (χ4n) is 2.53. The number of halogens is 1. The number of para-hydroxylation sites is 1. The Kier molecular flexibility index (Phi) is 3.94. The maximum atomic E-state index is 12.8. The van der Waals surface area contributed by atoms with Crippen LogP contribution in [0.25, 0.3) is 22.2 Å². The molecule has 1 atom stereocenters. The molecule has 0 aliphatic carbocycles. The number of rotatable bonds is 4. The number of Topliss-reactive ketones (excluding diaryl/α,β-unsaturated/α-hetero) is 2. The number of alkyl halides is 1. The van der Waals surface area contributed by atoms with E-state index < -0.39 is 4.83 Å². The molecule has 0 unspecified atom stereocenters. The van der Waals surface area contributed by atoms with Crippen molar-refractivity contribution in [2.45, 2.75) is 11.8 Å². The van der Waals surface area contributed by atoms with Crippen molar-refractivity contribution in [3.8, 4) is 11.3 Å². The fraction of sp³-hybridized carbons (Fsp3) is 0.111. The Morgan fingerprint density at radius 2 is 1.64 bits per heavy atom. The topological polar surface area (TPSA) is 49.9 Å². The van der Waals surface area contributed by atoms with Crippen LogP contribution < -0.4 is 0 Å². The lowest BCUT2D eigenvalue weighted by Gasteiger charge is -2.07. The number of nitrogens with one attached hydrogen (secondary N) is 1. The summed E-state index contributed by atoms with van der Waals surface area (Å²) < 4.78 is 0. The monoisotopic (exact) mass is 355 g/mol. The predicted octanol–water partition coefficient (Wildman–Crippen LogP) is 4.37. The van der Waals surface area contributed by atoms with Crippen LogP contribution in [0, 0.1) is 0 Å². The van der Waals surface area contributed by atoms with Crippen molar-refractivity contribution < 1.29 is 9.59 Å². The number of aromatic nitrogens is 1. The van der Waals surface area contributed by atoms with Gasteiger partial charge in [-0.2, -0.15) is 0 Å². The van der Waals surface area contributed by atoms with Crippen molar-refractivity contribution in [3.05, 3.63) is 60.2 Å². The third kappa shape index (κ3) is 2.50. The van der Waals surface area contributed by atoms with Gasteiger partial charge in [0.15, 0.2) is 11.6 Å². The lowest BCUT2D eigenvalue weighted by atomic mass is 9.99. The molecule has 0 saturated heterocycles.